The molecule has 1 aromatic heterocycles. The molecule has 0 aliphatic carbocycles. The number of carbonyl (C=O) groups is 3. The topological polar surface area (TPSA) is 108 Å². The second-order valence-corrected chi connectivity index (χ2v) is 8.43. The van der Waals surface area contributed by atoms with Crippen molar-refractivity contribution in [1.29, 1.82) is 0 Å². The normalized spacial score (nSPS) is 11.5. The maximum Gasteiger partial charge on any atom is 0.335 e. The van der Waals surface area contributed by atoms with Gasteiger partial charge in [-0.2, -0.15) is 11.8 Å². The molecule has 0 radical (unpaired) electrons. The second kappa shape index (κ2) is 10.7. The number of thiazole rings is 1. The van der Waals surface area contributed by atoms with Crippen LogP contribution in [0.4, 0.5) is 5.13 Å². The van der Waals surface area contributed by atoms with Gasteiger partial charge < -0.3 is 15.7 Å². The number of hydrogen-bond acceptors (Lipinski definition) is 6. The number of hydrogen-bond donors (Lipinski definition) is 3. The van der Waals surface area contributed by atoms with Crippen molar-refractivity contribution in [2.45, 2.75) is 12.5 Å². The molecule has 160 valence electrons. The standard InChI is InChI=1S/C22H21N3O4S2/c1-30-12-11-17(23-19(26)15-7-9-16(10-8-15)21(28)29)20(27)25-22-24-18(13-31-22)14-5-3-2-4-6-14/h2-10,13,17H,11-12H2,1H3,(H,23,26)(H,28,29)(H,24,25,27). The molecule has 0 spiro atoms. The van der Waals surface area contributed by atoms with E-state index < -0.39 is 17.9 Å². The van der Waals surface area contributed by atoms with Crippen molar-refractivity contribution in [3.05, 3.63) is 71.1 Å². The first-order chi connectivity index (χ1) is 15.0. The minimum Gasteiger partial charge on any atom is -0.478 e. The lowest BCUT2D eigenvalue weighted by Crippen LogP contribution is -2.44. The van der Waals surface area contributed by atoms with E-state index in [0.717, 1.165) is 11.3 Å². The zero-order valence-corrected chi connectivity index (χ0v) is 18.3. The third-order valence-corrected chi connectivity index (χ3v) is 5.83. The lowest BCUT2D eigenvalue weighted by Gasteiger charge is -2.17. The van der Waals surface area contributed by atoms with Gasteiger partial charge in [0.15, 0.2) is 5.13 Å². The summed E-state index contributed by atoms with van der Waals surface area (Å²) < 4.78 is 0. The molecule has 2 aromatic carbocycles. The molecule has 3 aromatic rings. The predicted octanol–water partition coefficient (Wildman–Crippen LogP) is 4.00. The molecule has 1 heterocycles. The SMILES string of the molecule is CSCCC(NC(=O)c1ccc(C(=O)O)cc1)C(=O)Nc1nc(-c2ccccc2)cs1. The largest absolute Gasteiger partial charge is 0.478 e. The molecule has 1 atom stereocenters. The molecular formula is C22H21N3O4S2. The van der Waals surface area contributed by atoms with Crippen LogP contribution in [0.15, 0.2) is 60.0 Å². The van der Waals surface area contributed by atoms with Gasteiger partial charge in [-0.05, 0) is 42.7 Å². The summed E-state index contributed by atoms with van der Waals surface area (Å²) in [4.78, 5) is 40.8. The first-order valence-electron chi connectivity index (χ1n) is 9.43. The summed E-state index contributed by atoms with van der Waals surface area (Å²) in [5, 5.41) is 16.8. The molecule has 0 saturated carbocycles. The zero-order chi connectivity index (χ0) is 22.2. The Morgan fingerprint density at radius 3 is 2.39 bits per heavy atom. The van der Waals surface area contributed by atoms with E-state index in [0.29, 0.717) is 17.3 Å². The molecule has 9 heteroatoms. The Bertz CT molecular complexity index is 1050. The van der Waals surface area contributed by atoms with Crippen molar-refractivity contribution < 1.29 is 19.5 Å². The first kappa shape index (κ1) is 22.5. The Kier molecular flexibility index (Phi) is 7.80. The monoisotopic (exact) mass is 455 g/mol. The highest BCUT2D eigenvalue weighted by molar-refractivity contribution is 7.98. The zero-order valence-electron chi connectivity index (χ0n) is 16.7. The molecule has 0 saturated heterocycles. The van der Waals surface area contributed by atoms with Crippen molar-refractivity contribution >= 4 is 46.0 Å². The van der Waals surface area contributed by atoms with Crippen molar-refractivity contribution in [3.63, 3.8) is 0 Å². The van der Waals surface area contributed by atoms with Crippen LogP contribution in [0.2, 0.25) is 0 Å². The van der Waals surface area contributed by atoms with Crippen LogP contribution in [0, 0.1) is 0 Å². The Balaban J connectivity index is 1.68. The summed E-state index contributed by atoms with van der Waals surface area (Å²) >= 11 is 2.89. The molecule has 2 amide bonds. The average Bonchev–Trinajstić information content (AvgIpc) is 3.25. The molecule has 7 nitrogen and oxygen atoms in total. The highest BCUT2D eigenvalue weighted by Gasteiger charge is 2.22. The summed E-state index contributed by atoms with van der Waals surface area (Å²) in [6.45, 7) is 0. The minimum atomic E-state index is -1.07. The molecule has 0 fully saturated rings. The highest BCUT2D eigenvalue weighted by Crippen LogP contribution is 2.24. The van der Waals surface area contributed by atoms with Gasteiger partial charge in [0.1, 0.15) is 6.04 Å². The van der Waals surface area contributed by atoms with Gasteiger partial charge in [-0.25, -0.2) is 9.78 Å². The second-order valence-electron chi connectivity index (χ2n) is 6.58. The number of thioether (sulfide) groups is 1. The molecule has 0 bridgehead atoms. The van der Waals surface area contributed by atoms with Crippen LogP contribution in [-0.4, -0.2) is 45.9 Å². The highest BCUT2D eigenvalue weighted by atomic mass is 32.2. The number of nitrogens with zero attached hydrogens (tertiary/aromatic N) is 1. The van der Waals surface area contributed by atoms with Gasteiger partial charge in [-0.15, -0.1) is 11.3 Å². The van der Waals surface area contributed by atoms with Crippen LogP contribution >= 0.6 is 23.1 Å². The Hall–Kier alpha value is -3.17. The Labute approximate surface area is 187 Å². The van der Waals surface area contributed by atoms with Gasteiger partial charge in [0.2, 0.25) is 5.91 Å². The van der Waals surface area contributed by atoms with Crippen LogP contribution in [0.1, 0.15) is 27.1 Å². The molecule has 31 heavy (non-hydrogen) atoms. The van der Waals surface area contributed by atoms with Crippen LogP contribution < -0.4 is 10.6 Å². The predicted molar refractivity (Wildman–Crippen MR) is 124 cm³/mol. The van der Waals surface area contributed by atoms with Crippen molar-refractivity contribution in [2.24, 2.45) is 0 Å². The summed E-state index contributed by atoms with van der Waals surface area (Å²) in [5.41, 5.74) is 2.10. The minimum absolute atomic E-state index is 0.0891. The van der Waals surface area contributed by atoms with Crippen LogP contribution in [-0.2, 0) is 4.79 Å². The van der Waals surface area contributed by atoms with E-state index in [1.54, 1.807) is 11.8 Å². The van der Waals surface area contributed by atoms with E-state index in [4.69, 9.17) is 5.11 Å². The summed E-state index contributed by atoms with van der Waals surface area (Å²) in [6, 6.07) is 14.5. The fourth-order valence-electron chi connectivity index (χ4n) is 2.78. The van der Waals surface area contributed by atoms with Crippen molar-refractivity contribution in [2.75, 3.05) is 17.3 Å². The van der Waals surface area contributed by atoms with E-state index in [-0.39, 0.29) is 17.0 Å². The fraction of sp³-hybridized carbons (Fsp3) is 0.182. The Morgan fingerprint density at radius 2 is 1.74 bits per heavy atom. The first-order valence-corrected chi connectivity index (χ1v) is 11.7. The molecule has 0 aliphatic heterocycles. The maximum atomic E-state index is 12.8. The quantitative estimate of drug-likeness (QED) is 0.450. The van der Waals surface area contributed by atoms with Crippen LogP contribution in [0.3, 0.4) is 0 Å². The van der Waals surface area contributed by atoms with Gasteiger partial charge in [0, 0.05) is 16.5 Å². The van der Waals surface area contributed by atoms with E-state index in [2.05, 4.69) is 15.6 Å². The average molecular weight is 456 g/mol. The number of carbonyl (C=O) groups excluding carboxylic acids is 2. The third-order valence-electron chi connectivity index (χ3n) is 4.43. The van der Waals surface area contributed by atoms with E-state index in [9.17, 15) is 14.4 Å². The van der Waals surface area contributed by atoms with Crippen molar-refractivity contribution in [3.8, 4) is 11.3 Å². The van der Waals surface area contributed by atoms with E-state index >= 15 is 0 Å². The number of amides is 2. The number of aromatic nitrogens is 1. The van der Waals surface area contributed by atoms with Gasteiger partial charge in [-0.3, -0.25) is 9.59 Å². The number of nitrogens with one attached hydrogen (secondary N) is 2. The lowest BCUT2D eigenvalue weighted by molar-refractivity contribution is -0.118. The number of carboxylic acids is 1. The van der Waals surface area contributed by atoms with E-state index in [1.165, 1.54) is 35.6 Å². The Morgan fingerprint density at radius 1 is 1.06 bits per heavy atom. The summed E-state index contributed by atoms with van der Waals surface area (Å²) in [5.74, 6) is -1.17. The summed E-state index contributed by atoms with van der Waals surface area (Å²) in [6.07, 6.45) is 2.37. The number of benzene rings is 2. The number of rotatable bonds is 9. The fourth-order valence-corrected chi connectivity index (χ4v) is 3.97. The maximum absolute atomic E-state index is 12.8. The third kappa shape index (κ3) is 6.16. The molecule has 3 rings (SSSR count). The van der Waals surface area contributed by atoms with Gasteiger partial charge in [0.25, 0.3) is 5.91 Å². The van der Waals surface area contributed by atoms with Gasteiger partial charge in [-0.1, -0.05) is 30.3 Å². The van der Waals surface area contributed by atoms with Crippen LogP contribution in [0.25, 0.3) is 11.3 Å². The van der Waals surface area contributed by atoms with E-state index in [1.807, 2.05) is 42.0 Å². The van der Waals surface area contributed by atoms with Gasteiger partial charge in [0.05, 0.1) is 11.3 Å². The molecule has 0 aliphatic rings. The smallest absolute Gasteiger partial charge is 0.335 e. The molecular weight excluding hydrogens is 434 g/mol. The van der Waals surface area contributed by atoms with Gasteiger partial charge >= 0.3 is 5.97 Å². The number of anilines is 1. The molecule has 1 unspecified atom stereocenters. The number of carboxylic acid groups (broad SMARTS) is 1. The number of aromatic carboxylic acids is 1. The summed E-state index contributed by atoms with van der Waals surface area (Å²) in [7, 11) is 0. The lowest BCUT2D eigenvalue weighted by atomic mass is 10.1. The van der Waals surface area contributed by atoms with Crippen molar-refractivity contribution in [1.82, 2.24) is 10.3 Å². The van der Waals surface area contributed by atoms with Crippen LogP contribution in [0.5, 0.6) is 0 Å². The molecule has 3 N–H and O–H groups in total.